The topological polar surface area (TPSA) is 369 Å². The van der Waals surface area contributed by atoms with Gasteiger partial charge < -0.3 is 31.2 Å². The van der Waals surface area contributed by atoms with Crippen LogP contribution >= 0.6 is 0 Å². The summed E-state index contributed by atoms with van der Waals surface area (Å²) in [5, 5.41) is 125. The molecule has 3 fully saturated rings. The number of hydroxylamine groups is 6. The maximum absolute atomic E-state index is 13.2. The summed E-state index contributed by atoms with van der Waals surface area (Å²) in [7, 11) is 0. The highest BCUT2D eigenvalue weighted by molar-refractivity contribution is 6.01. The molecule has 26 nitrogen and oxygen atoms in total. The van der Waals surface area contributed by atoms with Gasteiger partial charge in [-0.15, -0.1) is 0 Å². The summed E-state index contributed by atoms with van der Waals surface area (Å²) < 4.78 is 0. The van der Waals surface area contributed by atoms with E-state index in [2.05, 4.69) is 31.7 Å². The van der Waals surface area contributed by atoms with Crippen LogP contribution in [0.3, 0.4) is 0 Å². The predicted octanol–water partition coefficient (Wildman–Crippen LogP) is -1.94. The van der Waals surface area contributed by atoms with Crippen molar-refractivity contribution in [3.63, 3.8) is 0 Å². The lowest BCUT2D eigenvalue weighted by Crippen LogP contribution is -2.80. The van der Waals surface area contributed by atoms with E-state index in [1.54, 1.807) is 0 Å². The second-order valence-electron chi connectivity index (χ2n) is 7.29. The summed E-state index contributed by atoms with van der Waals surface area (Å²) in [6, 6.07) is 0. The summed E-state index contributed by atoms with van der Waals surface area (Å²) in [5.41, 5.74) is -3.87. The average molecular weight is 518 g/mol. The van der Waals surface area contributed by atoms with Gasteiger partial charge in [0.1, 0.15) is 0 Å². The number of ketones is 2. The quantitative estimate of drug-likeness (QED) is 0.0648. The SMILES string of the molecule is O=C(C12CC(C(=O)C([N+](O)=NO)([N+](O)=NO)[N+](O)=NO)(C1)C2)C([N+](O)=NO)([N+](O)=NO)[N+](O)=NO. The summed E-state index contributed by atoms with van der Waals surface area (Å²) in [6.45, 7) is 0. The third-order valence-electron chi connectivity index (χ3n) is 5.78. The Labute approximate surface area is 187 Å². The van der Waals surface area contributed by atoms with E-state index in [1.807, 2.05) is 0 Å². The molecule has 0 aromatic carbocycles. The van der Waals surface area contributed by atoms with Crippen molar-refractivity contribution < 1.29 is 101 Å². The van der Waals surface area contributed by atoms with Crippen LogP contribution in [0.1, 0.15) is 19.3 Å². The lowest BCUT2D eigenvalue weighted by atomic mass is 9.32. The molecular formula is C9H18N12O14+6. The van der Waals surface area contributed by atoms with E-state index >= 15 is 0 Å². The van der Waals surface area contributed by atoms with E-state index in [1.165, 1.54) is 0 Å². The summed E-state index contributed by atoms with van der Waals surface area (Å²) in [4.78, 5) is 21.0. The lowest BCUT2D eigenvalue weighted by molar-refractivity contribution is -1.20. The molecular weight excluding hydrogens is 500 g/mol. The number of Topliss-reactive ketones (excluding diaryl/α,β-unsaturated/α-hetero) is 2. The first kappa shape index (κ1) is 25.8. The van der Waals surface area contributed by atoms with Gasteiger partial charge in [-0.3, -0.25) is 40.8 Å². The van der Waals surface area contributed by atoms with Crippen molar-refractivity contribution in [2.24, 2.45) is 42.5 Å². The van der Waals surface area contributed by atoms with Gasteiger partial charge in [0.25, 0.3) is 60.8 Å². The fourth-order valence-electron chi connectivity index (χ4n) is 4.38. The van der Waals surface area contributed by atoms with E-state index in [4.69, 9.17) is 31.2 Å². The zero-order chi connectivity index (χ0) is 27.0. The van der Waals surface area contributed by atoms with Crippen LogP contribution in [0, 0.1) is 10.8 Å². The van der Waals surface area contributed by atoms with Gasteiger partial charge in [0, 0.05) is 0 Å². The smallest absolute Gasteiger partial charge is 0.359 e. The Hall–Kier alpha value is -5.46. The molecule has 2 bridgehead atoms. The minimum atomic E-state index is -3.71. The largest absolute Gasteiger partial charge is 0.814 e. The highest BCUT2D eigenvalue weighted by Crippen LogP contribution is 2.75. The second kappa shape index (κ2) is 8.15. The molecule has 3 aliphatic carbocycles. The van der Waals surface area contributed by atoms with Crippen LogP contribution < -0.4 is 0 Å². The summed E-state index contributed by atoms with van der Waals surface area (Å²) in [6.07, 6.45) is -2.22. The molecule has 0 unspecified atom stereocenters. The Morgan fingerprint density at radius 2 is 0.657 bits per heavy atom. The third kappa shape index (κ3) is 2.81. The van der Waals surface area contributed by atoms with Crippen molar-refractivity contribution in [3.05, 3.63) is 0 Å². The second-order valence-corrected chi connectivity index (χ2v) is 7.29. The molecule has 12 N–H and O–H groups in total. The van der Waals surface area contributed by atoms with E-state index in [0.717, 1.165) is 0 Å². The highest BCUT2D eigenvalue weighted by Gasteiger charge is 2.98. The molecule has 3 saturated carbocycles. The Morgan fingerprint density at radius 3 is 0.800 bits per heavy atom. The molecule has 0 aromatic rings. The van der Waals surface area contributed by atoms with Crippen LogP contribution in [0.15, 0.2) is 31.7 Å². The minimum absolute atomic E-state index is 0.739. The molecule has 0 saturated heterocycles. The van der Waals surface area contributed by atoms with Crippen molar-refractivity contribution in [2.75, 3.05) is 0 Å². The van der Waals surface area contributed by atoms with Crippen LogP contribution in [0.4, 0.5) is 0 Å². The van der Waals surface area contributed by atoms with Crippen LogP contribution in [0.5, 0.6) is 0 Å². The Bertz CT molecular complexity index is 929. The van der Waals surface area contributed by atoms with Gasteiger partial charge in [0.15, 0.2) is 0 Å². The van der Waals surface area contributed by atoms with E-state index < -0.39 is 82.4 Å². The average Bonchev–Trinajstić information content (AvgIpc) is 2.81. The van der Waals surface area contributed by atoms with Gasteiger partial charge in [-0.05, 0) is 19.3 Å². The predicted molar refractivity (Wildman–Crippen MR) is 71.8 cm³/mol. The molecule has 0 amide bonds. The van der Waals surface area contributed by atoms with Gasteiger partial charge in [-0.25, -0.2) is 0 Å². The minimum Gasteiger partial charge on any atom is -0.359 e. The normalized spacial score (nSPS) is 29.3. The van der Waals surface area contributed by atoms with Crippen molar-refractivity contribution in [3.8, 4) is 0 Å². The molecule has 0 spiro atoms. The molecule has 0 heterocycles. The van der Waals surface area contributed by atoms with Gasteiger partial charge in [0.2, 0.25) is 0 Å². The number of rotatable bonds is 10. The molecule has 192 valence electrons. The van der Waals surface area contributed by atoms with Crippen molar-refractivity contribution >= 4 is 11.6 Å². The van der Waals surface area contributed by atoms with Crippen molar-refractivity contribution in [1.29, 1.82) is 0 Å². The number of hydrogen-bond acceptors (Lipinski definition) is 8. The zero-order valence-electron chi connectivity index (χ0n) is 16.7. The first-order chi connectivity index (χ1) is 16.3. The first-order valence-electron chi connectivity index (χ1n) is 8.47. The van der Waals surface area contributed by atoms with Crippen LogP contribution in [-0.4, -0.2) is 115 Å². The molecule has 0 atom stereocenters. The van der Waals surface area contributed by atoms with Gasteiger partial charge in [-0.1, -0.05) is 0 Å². The molecule has 0 aromatic heterocycles. The Morgan fingerprint density at radius 1 is 0.486 bits per heavy atom. The molecule has 3 aliphatic rings. The Kier molecular flexibility index (Phi) is 6.01. The number of carbonyl (C=O) groups is 2. The number of hydrogen-bond donors (Lipinski definition) is 12. The molecule has 0 aliphatic heterocycles. The van der Waals surface area contributed by atoms with Gasteiger partial charge in [0.05, 0.1) is 10.8 Å². The third-order valence-corrected chi connectivity index (χ3v) is 5.78. The monoisotopic (exact) mass is 518 g/mol. The fraction of sp³-hybridized carbons (Fsp3) is 0.778. The van der Waals surface area contributed by atoms with E-state index in [9.17, 15) is 40.8 Å². The van der Waals surface area contributed by atoms with Crippen LogP contribution in [0.25, 0.3) is 0 Å². The van der Waals surface area contributed by atoms with E-state index in [0.29, 0.717) is 0 Å². The van der Waals surface area contributed by atoms with Gasteiger partial charge >= 0.3 is 23.1 Å². The molecule has 3 rings (SSSR count). The molecule has 35 heavy (non-hydrogen) atoms. The van der Waals surface area contributed by atoms with Crippen LogP contribution in [0.2, 0.25) is 0 Å². The highest BCUT2D eigenvalue weighted by atomic mass is 16.7. The maximum Gasteiger partial charge on any atom is 0.814 e. The van der Waals surface area contributed by atoms with Crippen molar-refractivity contribution in [2.45, 2.75) is 30.8 Å². The summed E-state index contributed by atoms with van der Waals surface area (Å²) in [5.74, 6) is -10.7. The Balaban J connectivity index is 2.61. The maximum atomic E-state index is 13.2. The standard InChI is InChI=1S/C9H12N12O14/c22-4(8(16(30)10-24,17(31)11-25)18(32)12-26)6-1-7(2-6,3-6)5(23)9(19(33)13-27,20(34)14-28)21(35)15-29/h30-35H,1-3H2/p+6. The first-order valence-corrected chi connectivity index (χ1v) is 8.47. The zero-order valence-corrected chi connectivity index (χ0v) is 16.7. The molecule has 0 radical (unpaired) electrons. The molecule has 26 heteroatoms. The number of carbonyl (C=O) groups excluding carboxylic acids is 2. The van der Waals surface area contributed by atoms with Crippen LogP contribution in [-0.2, 0) is 9.59 Å². The van der Waals surface area contributed by atoms with E-state index in [-0.39, 0.29) is 0 Å². The lowest BCUT2D eigenvalue weighted by Gasteiger charge is -2.65. The number of nitrogens with zero attached hydrogens (tertiary/aromatic N) is 12. The van der Waals surface area contributed by atoms with Crippen molar-refractivity contribution in [1.82, 2.24) is 0 Å². The summed E-state index contributed by atoms with van der Waals surface area (Å²) >= 11 is 0. The van der Waals surface area contributed by atoms with Gasteiger partial charge in [-0.2, -0.15) is 0 Å². The fourth-order valence-corrected chi connectivity index (χ4v) is 4.38.